The Labute approximate surface area is 190 Å². The molecule has 7 nitrogen and oxygen atoms in total. The number of carbonyl (C=O) groups excluding carboxylic acids is 1. The van der Waals surface area contributed by atoms with Crippen LogP contribution in [-0.2, 0) is 10.0 Å². The molecular weight excluding hydrogens is 456 g/mol. The molecule has 1 fully saturated rings. The van der Waals surface area contributed by atoms with Crippen molar-refractivity contribution in [3.05, 3.63) is 58.7 Å². The van der Waals surface area contributed by atoms with Crippen LogP contribution in [0.3, 0.4) is 0 Å². The van der Waals surface area contributed by atoms with Crippen LogP contribution < -0.4 is 5.32 Å². The molecule has 0 spiro atoms. The van der Waals surface area contributed by atoms with Crippen molar-refractivity contribution >= 4 is 44.0 Å². The van der Waals surface area contributed by atoms with Gasteiger partial charge in [0.2, 0.25) is 10.0 Å². The van der Waals surface area contributed by atoms with Crippen LogP contribution in [0.1, 0.15) is 36.0 Å². The second kappa shape index (κ2) is 9.44. The van der Waals surface area contributed by atoms with Gasteiger partial charge in [0.05, 0.1) is 10.7 Å². The summed E-state index contributed by atoms with van der Waals surface area (Å²) in [6.07, 6.45) is 7.03. The zero-order valence-corrected chi connectivity index (χ0v) is 19.0. The van der Waals surface area contributed by atoms with Crippen LogP contribution in [-0.4, -0.2) is 41.7 Å². The van der Waals surface area contributed by atoms with Gasteiger partial charge in [0, 0.05) is 42.0 Å². The number of amides is 1. The number of hydrogen-bond acceptors (Lipinski definition) is 6. The maximum absolute atomic E-state index is 13.1. The van der Waals surface area contributed by atoms with E-state index >= 15 is 0 Å². The Hall–Kier alpha value is -2.33. The first-order valence-electron chi connectivity index (χ1n) is 9.92. The SMILES string of the molecule is O=C(Nc1nc(-c2cccnc2)cs1)c1ccc(Cl)c(S(=O)(=O)N2CCCCCC2)c1. The lowest BCUT2D eigenvalue weighted by Crippen LogP contribution is -2.32. The first kappa shape index (κ1) is 21.9. The van der Waals surface area contributed by atoms with Gasteiger partial charge < -0.3 is 0 Å². The van der Waals surface area contributed by atoms with Crippen LogP contribution in [0, 0.1) is 0 Å². The molecule has 10 heteroatoms. The number of hydrogen-bond donors (Lipinski definition) is 1. The Morgan fingerprint density at radius 3 is 2.61 bits per heavy atom. The fourth-order valence-electron chi connectivity index (χ4n) is 3.41. The number of aromatic nitrogens is 2. The molecule has 3 aromatic rings. The first-order valence-corrected chi connectivity index (χ1v) is 12.6. The lowest BCUT2D eigenvalue weighted by molar-refractivity contribution is 0.102. The van der Waals surface area contributed by atoms with Gasteiger partial charge in [0.1, 0.15) is 4.90 Å². The van der Waals surface area contributed by atoms with E-state index in [0.29, 0.717) is 23.9 Å². The maximum atomic E-state index is 13.1. The Bertz CT molecular complexity index is 1170. The van der Waals surface area contributed by atoms with E-state index in [4.69, 9.17) is 11.6 Å². The molecule has 1 aromatic carbocycles. The first-order chi connectivity index (χ1) is 14.9. The number of rotatable bonds is 5. The monoisotopic (exact) mass is 476 g/mol. The number of pyridine rings is 1. The molecule has 0 unspecified atom stereocenters. The molecule has 4 rings (SSSR count). The number of benzene rings is 1. The Morgan fingerprint density at radius 1 is 1.13 bits per heavy atom. The van der Waals surface area contributed by atoms with Gasteiger partial charge in [-0.1, -0.05) is 24.4 Å². The van der Waals surface area contributed by atoms with Gasteiger partial charge in [-0.25, -0.2) is 13.4 Å². The third kappa shape index (κ3) is 4.95. The van der Waals surface area contributed by atoms with Crippen LogP contribution in [0.15, 0.2) is 53.0 Å². The Morgan fingerprint density at radius 2 is 1.90 bits per heavy atom. The third-order valence-corrected chi connectivity index (χ3v) is 8.20. The normalized spacial score (nSPS) is 15.4. The van der Waals surface area contributed by atoms with Crippen molar-refractivity contribution in [3.63, 3.8) is 0 Å². The molecule has 0 radical (unpaired) electrons. The predicted molar refractivity (Wildman–Crippen MR) is 122 cm³/mol. The van der Waals surface area contributed by atoms with Crippen molar-refractivity contribution in [3.8, 4) is 11.3 Å². The molecule has 1 saturated heterocycles. The maximum Gasteiger partial charge on any atom is 0.257 e. The van der Waals surface area contributed by atoms with E-state index in [2.05, 4.69) is 15.3 Å². The van der Waals surface area contributed by atoms with E-state index in [-0.39, 0.29) is 15.5 Å². The molecule has 0 saturated carbocycles. The summed E-state index contributed by atoms with van der Waals surface area (Å²) < 4.78 is 27.8. The van der Waals surface area contributed by atoms with Crippen molar-refractivity contribution in [1.29, 1.82) is 0 Å². The average molecular weight is 477 g/mol. The van der Waals surface area contributed by atoms with Gasteiger partial charge in [-0.15, -0.1) is 11.3 Å². The average Bonchev–Trinajstić information content (AvgIpc) is 3.05. The standard InChI is InChI=1S/C21H21ClN4O3S2/c22-17-8-7-15(12-19(17)31(28,29)26-10-3-1-2-4-11-26)20(27)25-21-24-18(14-30-21)16-6-5-9-23-13-16/h5-9,12-14H,1-4,10-11H2,(H,24,25,27). The molecule has 2 aromatic heterocycles. The predicted octanol–water partition coefficient (Wildman–Crippen LogP) is 4.68. The highest BCUT2D eigenvalue weighted by Crippen LogP contribution is 2.29. The zero-order valence-electron chi connectivity index (χ0n) is 16.6. The molecule has 162 valence electrons. The number of carbonyl (C=O) groups is 1. The van der Waals surface area contributed by atoms with E-state index in [0.717, 1.165) is 31.2 Å². The van der Waals surface area contributed by atoms with Crippen LogP contribution in [0.5, 0.6) is 0 Å². The Balaban J connectivity index is 1.55. The summed E-state index contributed by atoms with van der Waals surface area (Å²) in [5.41, 5.74) is 1.75. The lowest BCUT2D eigenvalue weighted by Gasteiger charge is -2.21. The smallest absolute Gasteiger partial charge is 0.257 e. The summed E-state index contributed by atoms with van der Waals surface area (Å²) in [6, 6.07) is 7.99. The molecule has 1 aliphatic heterocycles. The van der Waals surface area contributed by atoms with Gasteiger partial charge in [-0.05, 0) is 43.2 Å². The number of halogens is 1. The molecule has 0 aliphatic carbocycles. The molecular formula is C21H21ClN4O3S2. The van der Waals surface area contributed by atoms with E-state index in [1.807, 2.05) is 17.5 Å². The number of anilines is 1. The van der Waals surface area contributed by atoms with Crippen LogP contribution in [0.2, 0.25) is 5.02 Å². The lowest BCUT2D eigenvalue weighted by atomic mass is 10.2. The summed E-state index contributed by atoms with van der Waals surface area (Å²) >= 11 is 7.50. The van der Waals surface area contributed by atoms with Gasteiger partial charge in [-0.3, -0.25) is 15.1 Å². The van der Waals surface area contributed by atoms with Crippen molar-refractivity contribution in [2.75, 3.05) is 18.4 Å². The second-order valence-corrected chi connectivity index (χ2v) is 10.4. The van der Waals surface area contributed by atoms with Gasteiger partial charge in [-0.2, -0.15) is 4.31 Å². The largest absolute Gasteiger partial charge is 0.298 e. The minimum atomic E-state index is -3.78. The van der Waals surface area contributed by atoms with Crippen LogP contribution in [0.25, 0.3) is 11.3 Å². The molecule has 0 atom stereocenters. The minimum absolute atomic E-state index is 0.0427. The highest BCUT2D eigenvalue weighted by molar-refractivity contribution is 7.89. The zero-order chi connectivity index (χ0) is 21.8. The molecule has 1 aliphatic rings. The van der Waals surface area contributed by atoms with Crippen molar-refractivity contribution in [1.82, 2.24) is 14.3 Å². The van der Waals surface area contributed by atoms with Crippen molar-refractivity contribution in [2.24, 2.45) is 0 Å². The summed E-state index contributed by atoms with van der Waals surface area (Å²) in [7, 11) is -3.78. The van der Waals surface area contributed by atoms with E-state index in [1.165, 1.54) is 33.8 Å². The van der Waals surface area contributed by atoms with E-state index in [9.17, 15) is 13.2 Å². The van der Waals surface area contributed by atoms with Gasteiger partial charge in [0.15, 0.2) is 5.13 Å². The topological polar surface area (TPSA) is 92.3 Å². The fraction of sp³-hybridized carbons (Fsp3) is 0.286. The number of nitrogens with zero attached hydrogens (tertiary/aromatic N) is 3. The number of thiazole rings is 1. The molecule has 1 N–H and O–H groups in total. The van der Waals surface area contributed by atoms with Gasteiger partial charge in [0.25, 0.3) is 5.91 Å². The van der Waals surface area contributed by atoms with Crippen molar-refractivity contribution in [2.45, 2.75) is 30.6 Å². The highest BCUT2D eigenvalue weighted by atomic mass is 35.5. The third-order valence-electron chi connectivity index (χ3n) is 5.06. The summed E-state index contributed by atoms with van der Waals surface area (Å²) in [6.45, 7) is 0.927. The van der Waals surface area contributed by atoms with E-state index < -0.39 is 15.9 Å². The molecule has 1 amide bonds. The highest BCUT2D eigenvalue weighted by Gasteiger charge is 2.28. The Kier molecular flexibility index (Phi) is 6.66. The molecule has 0 bridgehead atoms. The van der Waals surface area contributed by atoms with Crippen molar-refractivity contribution < 1.29 is 13.2 Å². The summed E-state index contributed by atoms with van der Waals surface area (Å²) in [5, 5.41) is 5.07. The van der Waals surface area contributed by atoms with Gasteiger partial charge >= 0.3 is 0 Å². The molecule has 3 heterocycles. The minimum Gasteiger partial charge on any atom is -0.298 e. The van der Waals surface area contributed by atoms with Crippen LogP contribution in [0.4, 0.5) is 5.13 Å². The summed E-state index contributed by atoms with van der Waals surface area (Å²) in [4.78, 5) is 21.2. The number of nitrogens with one attached hydrogen (secondary N) is 1. The quantitative estimate of drug-likeness (QED) is 0.577. The second-order valence-electron chi connectivity index (χ2n) is 7.20. The van der Waals surface area contributed by atoms with Crippen LogP contribution >= 0.6 is 22.9 Å². The van der Waals surface area contributed by atoms with E-state index in [1.54, 1.807) is 12.4 Å². The molecule has 31 heavy (non-hydrogen) atoms. The fourth-order valence-corrected chi connectivity index (χ4v) is 6.14. The number of sulfonamides is 1. The summed E-state index contributed by atoms with van der Waals surface area (Å²) in [5.74, 6) is -0.448.